The van der Waals surface area contributed by atoms with E-state index in [2.05, 4.69) is 10.2 Å². The zero-order valence-corrected chi connectivity index (χ0v) is 11.1. The number of nitrogens with one attached hydrogen (secondary N) is 1. The van der Waals surface area contributed by atoms with Gasteiger partial charge in [0, 0.05) is 17.8 Å². The van der Waals surface area contributed by atoms with Crippen molar-refractivity contribution >= 4 is 17.3 Å². The Bertz CT molecular complexity index is 700. The Hall–Kier alpha value is -2.29. The smallest absolute Gasteiger partial charge is 0.416 e. The first-order valence-electron chi connectivity index (χ1n) is 5.43. The molecule has 0 saturated carbocycles. The van der Waals surface area contributed by atoms with Crippen LogP contribution in [0.2, 0.25) is 5.02 Å². The third kappa shape index (κ3) is 3.24. The molecule has 2 aromatic rings. The molecule has 0 unspecified atom stereocenters. The fraction of sp³-hybridized carbons (Fsp3) is 0.182. The monoisotopic (exact) mass is 321 g/mol. The first kappa shape index (κ1) is 15.1. The maximum atomic E-state index is 12.6. The third-order valence-electron chi connectivity index (χ3n) is 2.44. The second-order valence-electron chi connectivity index (χ2n) is 4.05. The molecule has 0 aliphatic carbocycles. The molecule has 6 nitrogen and oxygen atoms in total. The minimum atomic E-state index is -4.75. The maximum Gasteiger partial charge on any atom is 0.416 e. The summed E-state index contributed by atoms with van der Waals surface area (Å²) in [5.41, 5.74) is -1.52. The van der Waals surface area contributed by atoms with E-state index in [9.17, 15) is 23.3 Å². The second kappa shape index (κ2) is 5.24. The third-order valence-corrected chi connectivity index (χ3v) is 2.72. The number of nitro groups is 1. The molecule has 112 valence electrons. The number of nitro benzene ring substituents is 1. The first-order valence-corrected chi connectivity index (χ1v) is 5.81. The number of aromatic nitrogens is 2. The van der Waals surface area contributed by atoms with E-state index >= 15 is 0 Å². The zero-order valence-electron chi connectivity index (χ0n) is 10.4. The van der Waals surface area contributed by atoms with Crippen molar-refractivity contribution in [2.45, 2.75) is 13.1 Å². The van der Waals surface area contributed by atoms with Gasteiger partial charge in [-0.25, -0.2) is 0 Å². The van der Waals surface area contributed by atoms with Gasteiger partial charge in [-0.15, -0.1) is 5.10 Å². The van der Waals surface area contributed by atoms with Gasteiger partial charge >= 0.3 is 11.9 Å². The van der Waals surface area contributed by atoms with Crippen molar-refractivity contribution in [1.82, 2.24) is 10.2 Å². The number of hydrogen-bond donors (Lipinski definition) is 1. The van der Waals surface area contributed by atoms with Gasteiger partial charge < -0.3 is 4.74 Å². The van der Waals surface area contributed by atoms with Gasteiger partial charge in [-0.1, -0.05) is 11.6 Å². The molecule has 0 fully saturated rings. The minimum Gasteiger partial charge on any atom is -0.429 e. The lowest BCUT2D eigenvalue weighted by Crippen LogP contribution is -2.06. The number of hydrogen-bond acceptors (Lipinski definition) is 4. The minimum absolute atomic E-state index is 0.0442. The molecule has 0 atom stereocenters. The summed E-state index contributed by atoms with van der Waals surface area (Å²) in [5.74, 6) is -0.543. The van der Waals surface area contributed by atoms with Crippen LogP contribution in [0.3, 0.4) is 0 Å². The van der Waals surface area contributed by atoms with Crippen molar-refractivity contribution in [1.29, 1.82) is 0 Å². The summed E-state index contributed by atoms with van der Waals surface area (Å²) in [6.07, 6.45) is -4.75. The molecule has 0 saturated heterocycles. The van der Waals surface area contributed by atoms with Crippen molar-refractivity contribution in [3.8, 4) is 11.6 Å². The molecule has 1 N–H and O–H groups in total. The number of nitrogens with zero attached hydrogens (tertiary/aromatic N) is 2. The molecular weight excluding hydrogens is 315 g/mol. The summed E-state index contributed by atoms with van der Waals surface area (Å²) < 4.78 is 43.0. The standard InChI is InChI=1S/C11H7ClF3N3O3/c1-5-2-9(17-16-5)21-10-7(12)3-6(11(13,14)15)4-8(10)18(19)20/h2-4H,1H3,(H,16,17). The molecule has 0 aliphatic rings. The highest BCUT2D eigenvalue weighted by molar-refractivity contribution is 6.32. The van der Waals surface area contributed by atoms with Gasteiger partial charge in [0.1, 0.15) is 0 Å². The van der Waals surface area contributed by atoms with Crippen molar-refractivity contribution in [3.05, 3.63) is 44.6 Å². The largest absolute Gasteiger partial charge is 0.429 e. The Morgan fingerprint density at radius 1 is 1.38 bits per heavy atom. The number of rotatable bonds is 3. The Labute approximate surface area is 120 Å². The van der Waals surface area contributed by atoms with Crippen LogP contribution >= 0.6 is 11.6 Å². The molecule has 0 spiro atoms. The average Bonchev–Trinajstić information content (AvgIpc) is 2.75. The first-order chi connectivity index (χ1) is 9.68. The van der Waals surface area contributed by atoms with Gasteiger partial charge in [-0.3, -0.25) is 15.2 Å². The lowest BCUT2D eigenvalue weighted by molar-refractivity contribution is -0.385. The molecule has 1 aromatic heterocycles. The number of ether oxygens (including phenoxy) is 1. The van der Waals surface area contributed by atoms with Gasteiger partial charge in [-0.05, 0) is 13.0 Å². The van der Waals surface area contributed by atoms with E-state index in [4.69, 9.17) is 16.3 Å². The molecule has 21 heavy (non-hydrogen) atoms. The summed E-state index contributed by atoms with van der Waals surface area (Å²) >= 11 is 5.67. The highest BCUT2D eigenvalue weighted by Gasteiger charge is 2.35. The Morgan fingerprint density at radius 2 is 2.05 bits per heavy atom. The van der Waals surface area contributed by atoms with Gasteiger partial charge in [0.05, 0.1) is 15.5 Å². The SMILES string of the molecule is Cc1cc(Oc2c(Cl)cc(C(F)(F)F)cc2[N+](=O)[O-])n[nH]1. The topological polar surface area (TPSA) is 81.1 Å². The van der Waals surface area contributed by atoms with Crippen molar-refractivity contribution in [2.75, 3.05) is 0 Å². The quantitative estimate of drug-likeness (QED) is 0.682. The van der Waals surface area contributed by atoms with Crippen LogP contribution in [0.15, 0.2) is 18.2 Å². The number of aromatic amines is 1. The van der Waals surface area contributed by atoms with E-state index in [0.717, 1.165) is 0 Å². The average molecular weight is 322 g/mol. The Kier molecular flexibility index (Phi) is 3.77. The summed E-state index contributed by atoms with van der Waals surface area (Å²) in [6, 6.07) is 2.34. The number of aryl methyl sites for hydroxylation is 1. The van der Waals surface area contributed by atoms with E-state index in [0.29, 0.717) is 17.8 Å². The maximum absolute atomic E-state index is 12.6. The van der Waals surface area contributed by atoms with Gasteiger partial charge in [0.25, 0.3) is 0 Å². The number of benzene rings is 1. The van der Waals surface area contributed by atoms with Crippen LogP contribution in [0.4, 0.5) is 18.9 Å². The van der Waals surface area contributed by atoms with E-state index in [1.807, 2.05) is 0 Å². The van der Waals surface area contributed by atoms with Crippen molar-refractivity contribution in [3.63, 3.8) is 0 Å². The number of halogens is 4. The van der Waals surface area contributed by atoms with E-state index in [1.54, 1.807) is 6.92 Å². The lowest BCUT2D eigenvalue weighted by atomic mass is 10.2. The predicted octanol–water partition coefficient (Wildman–Crippen LogP) is 4.09. The van der Waals surface area contributed by atoms with Crippen molar-refractivity contribution < 1.29 is 22.8 Å². The van der Waals surface area contributed by atoms with Crippen LogP contribution in [-0.4, -0.2) is 15.1 Å². The highest BCUT2D eigenvalue weighted by atomic mass is 35.5. The normalized spacial score (nSPS) is 11.5. The van der Waals surface area contributed by atoms with Gasteiger partial charge in [0.15, 0.2) is 0 Å². The van der Waals surface area contributed by atoms with Crippen LogP contribution in [0.1, 0.15) is 11.3 Å². The highest BCUT2D eigenvalue weighted by Crippen LogP contribution is 2.42. The molecule has 0 radical (unpaired) electrons. The molecule has 0 aliphatic heterocycles. The van der Waals surface area contributed by atoms with Crippen LogP contribution in [0, 0.1) is 17.0 Å². The number of H-pyrrole nitrogens is 1. The number of alkyl halides is 3. The predicted molar refractivity (Wildman–Crippen MR) is 66.5 cm³/mol. The molecule has 1 aromatic carbocycles. The second-order valence-corrected chi connectivity index (χ2v) is 4.46. The van der Waals surface area contributed by atoms with Gasteiger partial charge in [-0.2, -0.15) is 13.2 Å². The van der Waals surface area contributed by atoms with E-state index < -0.39 is 33.1 Å². The van der Waals surface area contributed by atoms with E-state index in [-0.39, 0.29) is 5.88 Å². The van der Waals surface area contributed by atoms with Crippen molar-refractivity contribution in [2.24, 2.45) is 0 Å². The summed E-state index contributed by atoms with van der Waals surface area (Å²) in [6.45, 7) is 1.66. The Morgan fingerprint density at radius 3 is 2.52 bits per heavy atom. The van der Waals surface area contributed by atoms with Gasteiger partial charge in [0.2, 0.25) is 11.6 Å². The molecular formula is C11H7ClF3N3O3. The van der Waals surface area contributed by atoms with Crippen LogP contribution < -0.4 is 4.74 Å². The summed E-state index contributed by atoms with van der Waals surface area (Å²) in [4.78, 5) is 9.92. The van der Waals surface area contributed by atoms with E-state index in [1.165, 1.54) is 6.07 Å². The summed E-state index contributed by atoms with van der Waals surface area (Å²) in [5, 5.41) is 16.6. The molecule has 0 bridgehead atoms. The lowest BCUT2D eigenvalue weighted by Gasteiger charge is -2.10. The fourth-order valence-electron chi connectivity index (χ4n) is 1.53. The van der Waals surface area contributed by atoms with Crippen LogP contribution in [0.25, 0.3) is 0 Å². The van der Waals surface area contributed by atoms with Crippen LogP contribution in [0.5, 0.6) is 11.6 Å². The molecule has 10 heteroatoms. The summed E-state index contributed by atoms with van der Waals surface area (Å²) in [7, 11) is 0. The Balaban J connectivity index is 2.52. The molecule has 0 amide bonds. The van der Waals surface area contributed by atoms with Crippen LogP contribution in [-0.2, 0) is 6.18 Å². The molecule has 1 heterocycles. The zero-order chi connectivity index (χ0) is 15.8. The molecule has 2 rings (SSSR count). The fourth-order valence-corrected chi connectivity index (χ4v) is 1.78.